The second kappa shape index (κ2) is 6.10. The normalized spacial score (nSPS) is 10.8. The lowest BCUT2D eigenvalue weighted by atomic mass is 10.1. The van der Waals surface area contributed by atoms with Gasteiger partial charge in [-0.1, -0.05) is 34.3 Å². The van der Waals surface area contributed by atoms with Gasteiger partial charge in [-0.25, -0.2) is 0 Å². The zero-order valence-electron chi connectivity index (χ0n) is 8.98. The summed E-state index contributed by atoms with van der Waals surface area (Å²) >= 11 is 0. The van der Waals surface area contributed by atoms with E-state index in [0.717, 1.165) is 12.5 Å². The van der Waals surface area contributed by atoms with Crippen molar-refractivity contribution in [1.29, 1.82) is 0 Å². The van der Waals surface area contributed by atoms with Crippen LogP contribution in [0.4, 0.5) is 0 Å². The SMILES string of the molecule is C=C(NCCCC(C)C)C(C)C. The van der Waals surface area contributed by atoms with Crippen LogP contribution in [0.3, 0.4) is 0 Å². The Kier molecular flexibility index (Phi) is 5.87. The van der Waals surface area contributed by atoms with Crippen LogP contribution in [0.5, 0.6) is 0 Å². The fourth-order valence-corrected chi connectivity index (χ4v) is 0.963. The molecule has 0 atom stereocenters. The van der Waals surface area contributed by atoms with Gasteiger partial charge < -0.3 is 5.32 Å². The molecule has 1 heteroatoms. The van der Waals surface area contributed by atoms with E-state index in [2.05, 4.69) is 39.6 Å². The Morgan fingerprint density at radius 2 is 1.83 bits per heavy atom. The van der Waals surface area contributed by atoms with Crippen molar-refractivity contribution in [2.24, 2.45) is 11.8 Å². The lowest BCUT2D eigenvalue weighted by Gasteiger charge is -2.12. The molecule has 0 heterocycles. The van der Waals surface area contributed by atoms with Crippen molar-refractivity contribution in [3.8, 4) is 0 Å². The van der Waals surface area contributed by atoms with Gasteiger partial charge >= 0.3 is 0 Å². The van der Waals surface area contributed by atoms with Crippen LogP contribution in [0.15, 0.2) is 12.3 Å². The van der Waals surface area contributed by atoms with Crippen LogP contribution in [0.2, 0.25) is 0 Å². The maximum absolute atomic E-state index is 3.96. The van der Waals surface area contributed by atoms with Crippen LogP contribution >= 0.6 is 0 Å². The van der Waals surface area contributed by atoms with Gasteiger partial charge in [-0.15, -0.1) is 0 Å². The summed E-state index contributed by atoms with van der Waals surface area (Å²) in [5.41, 5.74) is 1.17. The molecular weight excluding hydrogens is 146 g/mol. The maximum Gasteiger partial charge on any atom is 0.0143 e. The van der Waals surface area contributed by atoms with Crippen molar-refractivity contribution in [2.45, 2.75) is 40.5 Å². The lowest BCUT2D eigenvalue weighted by Crippen LogP contribution is -2.17. The molecule has 0 bridgehead atoms. The highest BCUT2D eigenvalue weighted by Gasteiger charge is 1.98. The zero-order valence-corrected chi connectivity index (χ0v) is 8.98. The molecule has 0 aromatic carbocycles. The van der Waals surface area contributed by atoms with E-state index >= 15 is 0 Å². The first-order valence-corrected chi connectivity index (χ1v) is 4.96. The summed E-state index contributed by atoms with van der Waals surface area (Å²) in [6, 6.07) is 0. The van der Waals surface area contributed by atoms with Crippen molar-refractivity contribution >= 4 is 0 Å². The average molecular weight is 169 g/mol. The van der Waals surface area contributed by atoms with Gasteiger partial charge in [0, 0.05) is 12.2 Å². The molecule has 0 amide bonds. The highest BCUT2D eigenvalue weighted by Crippen LogP contribution is 2.05. The highest BCUT2D eigenvalue weighted by molar-refractivity contribution is 4.93. The summed E-state index contributed by atoms with van der Waals surface area (Å²) in [5, 5.41) is 3.34. The monoisotopic (exact) mass is 169 g/mol. The molecule has 0 aromatic rings. The van der Waals surface area contributed by atoms with Crippen LogP contribution < -0.4 is 5.32 Å². The molecule has 0 fully saturated rings. The molecule has 0 aliphatic heterocycles. The third-order valence-electron chi connectivity index (χ3n) is 2.01. The van der Waals surface area contributed by atoms with Crippen molar-refractivity contribution in [2.75, 3.05) is 6.54 Å². The van der Waals surface area contributed by atoms with Gasteiger partial charge in [-0.05, 0) is 24.7 Å². The number of allylic oxidation sites excluding steroid dienone is 1. The van der Waals surface area contributed by atoms with Crippen LogP contribution in [0.25, 0.3) is 0 Å². The molecule has 12 heavy (non-hydrogen) atoms. The largest absolute Gasteiger partial charge is 0.389 e. The predicted octanol–water partition coefficient (Wildman–Crippen LogP) is 3.18. The molecule has 0 radical (unpaired) electrons. The van der Waals surface area contributed by atoms with Gasteiger partial charge in [0.2, 0.25) is 0 Å². The van der Waals surface area contributed by atoms with E-state index in [-0.39, 0.29) is 0 Å². The Bertz CT molecular complexity index is 125. The van der Waals surface area contributed by atoms with Crippen molar-refractivity contribution in [3.05, 3.63) is 12.3 Å². The van der Waals surface area contributed by atoms with E-state index in [0.29, 0.717) is 5.92 Å². The number of hydrogen-bond donors (Lipinski definition) is 1. The van der Waals surface area contributed by atoms with Crippen molar-refractivity contribution < 1.29 is 0 Å². The van der Waals surface area contributed by atoms with Gasteiger partial charge in [-0.2, -0.15) is 0 Å². The summed E-state index contributed by atoms with van der Waals surface area (Å²) in [5.74, 6) is 1.38. The third-order valence-corrected chi connectivity index (χ3v) is 2.01. The van der Waals surface area contributed by atoms with Gasteiger partial charge in [0.05, 0.1) is 0 Å². The van der Waals surface area contributed by atoms with Gasteiger partial charge in [0.15, 0.2) is 0 Å². The quantitative estimate of drug-likeness (QED) is 0.602. The molecule has 1 nitrogen and oxygen atoms in total. The number of rotatable bonds is 6. The molecule has 0 aliphatic rings. The topological polar surface area (TPSA) is 12.0 Å². The van der Waals surface area contributed by atoms with E-state index in [9.17, 15) is 0 Å². The summed E-state index contributed by atoms with van der Waals surface area (Å²) in [7, 11) is 0. The van der Waals surface area contributed by atoms with Gasteiger partial charge in [0.1, 0.15) is 0 Å². The molecule has 0 aromatic heterocycles. The molecular formula is C11H23N. The Balaban J connectivity index is 3.26. The van der Waals surface area contributed by atoms with Crippen LogP contribution in [0, 0.1) is 11.8 Å². The maximum atomic E-state index is 3.96. The summed E-state index contributed by atoms with van der Waals surface area (Å²) < 4.78 is 0. The lowest BCUT2D eigenvalue weighted by molar-refractivity contribution is 0.532. The van der Waals surface area contributed by atoms with Crippen molar-refractivity contribution in [1.82, 2.24) is 5.32 Å². The number of hydrogen-bond acceptors (Lipinski definition) is 1. The fraction of sp³-hybridized carbons (Fsp3) is 0.818. The Morgan fingerprint density at radius 3 is 2.25 bits per heavy atom. The first kappa shape index (κ1) is 11.5. The van der Waals surface area contributed by atoms with Crippen LogP contribution in [0.1, 0.15) is 40.5 Å². The molecule has 0 saturated carbocycles. The molecule has 72 valence electrons. The molecule has 1 N–H and O–H groups in total. The standard InChI is InChI=1S/C11H23N/c1-9(2)7-6-8-12-11(5)10(3)4/h9-10,12H,5-8H2,1-4H3. The summed E-state index contributed by atoms with van der Waals surface area (Å²) in [6.07, 6.45) is 2.56. The van der Waals surface area contributed by atoms with E-state index in [4.69, 9.17) is 0 Å². The predicted molar refractivity (Wildman–Crippen MR) is 56.1 cm³/mol. The first-order valence-electron chi connectivity index (χ1n) is 4.96. The first-order chi connectivity index (χ1) is 5.54. The molecule has 0 unspecified atom stereocenters. The molecule has 0 saturated heterocycles. The molecule has 0 aliphatic carbocycles. The minimum absolute atomic E-state index is 0.559. The van der Waals surface area contributed by atoms with E-state index < -0.39 is 0 Å². The van der Waals surface area contributed by atoms with Crippen molar-refractivity contribution in [3.63, 3.8) is 0 Å². The fourth-order valence-electron chi connectivity index (χ4n) is 0.963. The van der Waals surface area contributed by atoms with Crippen LogP contribution in [-0.4, -0.2) is 6.54 Å². The second-order valence-electron chi connectivity index (χ2n) is 4.14. The molecule has 0 rings (SSSR count). The van der Waals surface area contributed by atoms with Gasteiger partial charge in [0.25, 0.3) is 0 Å². The average Bonchev–Trinajstić information content (AvgIpc) is 1.97. The van der Waals surface area contributed by atoms with E-state index in [1.54, 1.807) is 0 Å². The summed E-state index contributed by atoms with van der Waals surface area (Å²) in [6.45, 7) is 13.9. The number of nitrogens with one attached hydrogen (secondary N) is 1. The zero-order chi connectivity index (χ0) is 9.56. The van der Waals surface area contributed by atoms with Crippen LogP contribution in [-0.2, 0) is 0 Å². The third kappa shape index (κ3) is 6.26. The second-order valence-corrected chi connectivity index (χ2v) is 4.14. The van der Waals surface area contributed by atoms with E-state index in [1.807, 2.05) is 0 Å². The van der Waals surface area contributed by atoms with E-state index in [1.165, 1.54) is 18.5 Å². The smallest absolute Gasteiger partial charge is 0.0143 e. The van der Waals surface area contributed by atoms with Gasteiger partial charge in [-0.3, -0.25) is 0 Å². The Hall–Kier alpha value is -0.460. The Labute approximate surface area is 77.2 Å². The Morgan fingerprint density at radius 1 is 1.25 bits per heavy atom. The minimum Gasteiger partial charge on any atom is -0.389 e. The molecule has 0 spiro atoms. The minimum atomic E-state index is 0.559. The highest BCUT2D eigenvalue weighted by atomic mass is 14.9. The summed E-state index contributed by atoms with van der Waals surface area (Å²) in [4.78, 5) is 0.